The number of rotatable bonds is 2. The molecule has 0 saturated heterocycles. The molecule has 3 heteroatoms. The van der Waals surface area contributed by atoms with Gasteiger partial charge in [0.05, 0.1) is 0 Å². The molecule has 2 aromatic rings. The van der Waals surface area contributed by atoms with Crippen LogP contribution in [0.5, 0.6) is 0 Å². The summed E-state index contributed by atoms with van der Waals surface area (Å²) in [7, 11) is 0. The van der Waals surface area contributed by atoms with Crippen molar-refractivity contribution in [2.24, 2.45) is 0 Å². The normalized spacial score (nSPS) is 12.8. The number of furan rings is 1. The Morgan fingerprint density at radius 2 is 1.94 bits per heavy atom. The summed E-state index contributed by atoms with van der Waals surface area (Å²) >= 11 is 6.01. The lowest BCUT2D eigenvalue weighted by molar-refractivity contribution is 0.187. The standard InChI is InChI=1S/C13H13ClO2/c1-8-3-5-10(7-11(8)14)13(15)12-6-4-9(2)16-12/h3-7,13,15H,1-2H3. The summed E-state index contributed by atoms with van der Waals surface area (Å²) in [5, 5.41) is 10.7. The van der Waals surface area contributed by atoms with Crippen molar-refractivity contribution in [2.45, 2.75) is 20.0 Å². The van der Waals surface area contributed by atoms with Gasteiger partial charge in [-0.3, -0.25) is 0 Å². The minimum Gasteiger partial charge on any atom is -0.463 e. The molecule has 1 atom stereocenters. The van der Waals surface area contributed by atoms with Crippen LogP contribution in [0.25, 0.3) is 0 Å². The molecule has 1 N–H and O–H groups in total. The fourth-order valence-corrected chi connectivity index (χ4v) is 1.73. The first kappa shape index (κ1) is 11.2. The zero-order chi connectivity index (χ0) is 11.7. The van der Waals surface area contributed by atoms with Gasteiger partial charge in [-0.15, -0.1) is 0 Å². The topological polar surface area (TPSA) is 33.4 Å². The third-order valence-electron chi connectivity index (χ3n) is 2.54. The van der Waals surface area contributed by atoms with Gasteiger partial charge < -0.3 is 9.52 Å². The van der Waals surface area contributed by atoms with Crippen LogP contribution in [-0.2, 0) is 0 Å². The summed E-state index contributed by atoms with van der Waals surface area (Å²) in [5.74, 6) is 1.32. The van der Waals surface area contributed by atoms with E-state index in [2.05, 4.69) is 0 Å². The zero-order valence-corrected chi connectivity index (χ0v) is 9.95. The maximum absolute atomic E-state index is 10.1. The lowest BCUT2D eigenvalue weighted by atomic mass is 10.1. The van der Waals surface area contributed by atoms with Gasteiger partial charge in [-0.2, -0.15) is 0 Å². The van der Waals surface area contributed by atoms with Gasteiger partial charge in [-0.1, -0.05) is 23.7 Å². The third-order valence-corrected chi connectivity index (χ3v) is 2.95. The van der Waals surface area contributed by atoms with Gasteiger partial charge >= 0.3 is 0 Å². The Bertz CT molecular complexity index is 502. The average Bonchev–Trinajstić information content (AvgIpc) is 2.68. The van der Waals surface area contributed by atoms with Gasteiger partial charge in [0, 0.05) is 5.02 Å². The predicted octanol–water partition coefficient (Wildman–Crippen LogP) is 3.63. The summed E-state index contributed by atoms with van der Waals surface area (Å²) in [6.07, 6.45) is -0.758. The smallest absolute Gasteiger partial charge is 0.137 e. The first-order valence-corrected chi connectivity index (χ1v) is 5.46. The summed E-state index contributed by atoms with van der Waals surface area (Å²) < 4.78 is 5.38. The van der Waals surface area contributed by atoms with Crippen LogP contribution in [0, 0.1) is 13.8 Å². The molecular formula is C13H13ClO2. The van der Waals surface area contributed by atoms with Crippen molar-refractivity contribution in [3.8, 4) is 0 Å². The third kappa shape index (κ3) is 2.13. The molecule has 0 radical (unpaired) electrons. The van der Waals surface area contributed by atoms with Gasteiger partial charge in [0.2, 0.25) is 0 Å². The van der Waals surface area contributed by atoms with Crippen LogP contribution in [0.1, 0.15) is 28.8 Å². The number of aryl methyl sites for hydroxylation is 2. The Morgan fingerprint density at radius 3 is 2.50 bits per heavy atom. The van der Waals surface area contributed by atoms with E-state index in [4.69, 9.17) is 16.0 Å². The van der Waals surface area contributed by atoms with E-state index < -0.39 is 6.10 Å². The molecule has 16 heavy (non-hydrogen) atoms. The van der Waals surface area contributed by atoms with E-state index in [1.807, 2.05) is 32.0 Å². The summed E-state index contributed by atoms with van der Waals surface area (Å²) in [6, 6.07) is 9.10. The highest BCUT2D eigenvalue weighted by Crippen LogP contribution is 2.27. The Balaban J connectivity index is 2.33. The molecule has 0 aliphatic carbocycles. The van der Waals surface area contributed by atoms with Gasteiger partial charge in [0.25, 0.3) is 0 Å². The van der Waals surface area contributed by atoms with Crippen LogP contribution in [0.15, 0.2) is 34.7 Å². The van der Waals surface area contributed by atoms with Crippen molar-refractivity contribution in [2.75, 3.05) is 0 Å². The molecular weight excluding hydrogens is 224 g/mol. The second-order valence-electron chi connectivity index (χ2n) is 3.86. The maximum atomic E-state index is 10.1. The molecule has 1 aromatic carbocycles. The van der Waals surface area contributed by atoms with Crippen molar-refractivity contribution >= 4 is 11.6 Å². The van der Waals surface area contributed by atoms with Crippen LogP contribution >= 0.6 is 11.6 Å². The van der Waals surface area contributed by atoms with E-state index in [1.54, 1.807) is 12.1 Å². The van der Waals surface area contributed by atoms with E-state index in [1.165, 1.54) is 0 Å². The van der Waals surface area contributed by atoms with E-state index in [9.17, 15) is 5.11 Å². The molecule has 0 bridgehead atoms. The summed E-state index contributed by atoms with van der Waals surface area (Å²) in [5.41, 5.74) is 1.73. The van der Waals surface area contributed by atoms with Crippen molar-refractivity contribution in [1.82, 2.24) is 0 Å². The number of aliphatic hydroxyl groups excluding tert-OH is 1. The molecule has 84 valence electrons. The largest absolute Gasteiger partial charge is 0.463 e. The van der Waals surface area contributed by atoms with Crippen LogP contribution in [0.3, 0.4) is 0 Å². The fraction of sp³-hybridized carbons (Fsp3) is 0.231. The Morgan fingerprint density at radius 1 is 1.19 bits per heavy atom. The van der Waals surface area contributed by atoms with Crippen LogP contribution in [0.4, 0.5) is 0 Å². The SMILES string of the molecule is Cc1ccc(C(O)c2ccc(C)c(Cl)c2)o1. The highest BCUT2D eigenvalue weighted by Gasteiger charge is 2.14. The lowest BCUT2D eigenvalue weighted by Gasteiger charge is -2.09. The zero-order valence-electron chi connectivity index (χ0n) is 9.20. The minimum atomic E-state index is -0.758. The minimum absolute atomic E-state index is 0.539. The predicted molar refractivity (Wildman–Crippen MR) is 63.7 cm³/mol. The van der Waals surface area contributed by atoms with Gasteiger partial charge in [0.1, 0.15) is 17.6 Å². The maximum Gasteiger partial charge on any atom is 0.137 e. The first-order chi connectivity index (χ1) is 7.58. The van der Waals surface area contributed by atoms with Crippen LogP contribution in [-0.4, -0.2) is 5.11 Å². The lowest BCUT2D eigenvalue weighted by Crippen LogP contribution is -1.98. The molecule has 2 nitrogen and oxygen atoms in total. The Kier molecular flexibility index (Phi) is 3.03. The summed E-state index contributed by atoms with van der Waals surface area (Å²) in [6.45, 7) is 3.77. The molecule has 0 amide bonds. The monoisotopic (exact) mass is 236 g/mol. The van der Waals surface area contributed by atoms with Crippen LogP contribution < -0.4 is 0 Å². The molecule has 1 aromatic heterocycles. The van der Waals surface area contributed by atoms with E-state index in [0.29, 0.717) is 10.8 Å². The number of benzene rings is 1. The van der Waals surface area contributed by atoms with Gasteiger partial charge in [-0.05, 0) is 43.2 Å². The quantitative estimate of drug-likeness (QED) is 0.864. The highest BCUT2D eigenvalue weighted by molar-refractivity contribution is 6.31. The van der Waals surface area contributed by atoms with E-state index in [-0.39, 0.29) is 0 Å². The van der Waals surface area contributed by atoms with Crippen molar-refractivity contribution < 1.29 is 9.52 Å². The molecule has 1 unspecified atom stereocenters. The second-order valence-corrected chi connectivity index (χ2v) is 4.27. The van der Waals surface area contributed by atoms with E-state index in [0.717, 1.165) is 16.9 Å². The Labute approximate surface area is 99.5 Å². The second kappa shape index (κ2) is 4.32. The molecule has 0 aliphatic heterocycles. The number of hydrogen-bond donors (Lipinski definition) is 1. The van der Waals surface area contributed by atoms with Crippen molar-refractivity contribution in [3.05, 3.63) is 58.0 Å². The summed E-state index contributed by atoms with van der Waals surface area (Å²) in [4.78, 5) is 0. The fourth-order valence-electron chi connectivity index (χ4n) is 1.54. The average molecular weight is 237 g/mol. The van der Waals surface area contributed by atoms with Crippen molar-refractivity contribution in [3.63, 3.8) is 0 Å². The van der Waals surface area contributed by atoms with Crippen LogP contribution in [0.2, 0.25) is 5.02 Å². The van der Waals surface area contributed by atoms with Gasteiger partial charge in [-0.25, -0.2) is 0 Å². The molecule has 1 heterocycles. The molecule has 2 rings (SSSR count). The van der Waals surface area contributed by atoms with Gasteiger partial charge in [0.15, 0.2) is 0 Å². The van der Waals surface area contributed by atoms with Crippen molar-refractivity contribution in [1.29, 1.82) is 0 Å². The molecule has 0 saturated carbocycles. The first-order valence-electron chi connectivity index (χ1n) is 5.08. The van der Waals surface area contributed by atoms with E-state index >= 15 is 0 Å². The number of hydrogen-bond acceptors (Lipinski definition) is 2. The Hall–Kier alpha value is -1.25. The molecule has 0 aliphatic rings. The molecule has 0 fully saturated rings. The highest BCUT2D eigenvalue weighted by atomic mass is 35.5. The number of aliphatic hydroxyl groups is 1. The molecule has 0 spiro atoms. The number of halogens is 1.